The number of hydrogen-bond donors (Lipinski definition) is 2. The molecule has 0 fully saturated rings. The molecule has 12 heteroatoms. The summed E-state index contributed by atoms with van der Waals surface area (Å²) in [5.74, 6) is 0.552. The molecule has 0 spiro atoms. The van der Waals surface area contributed by atoms with E-state index in [0.717, 1.165) is 16.9 Å². The van der Waals surface area contributed by atoms with Crippen molar-refractivity contribution in [1.82, 2.24) is 19.5 Å². The van der Waals surface area contributed by atoms with Crippen LogP contribution in [-0.4, -0.2) is 66.1 Å². The zero-order chi connectivity index (χ0) is 30.6. The number of carbonyl (C=O) groups excluding carboxylic acids is 2. The molecule has 2 aromatic carbocycles. The summed E-state index contributed by atoms with van der Waals surface area (Å²) in [6.45, 7) is 12.4. The van der Waals surface area contributed by atoms with E-state index >= 15 is 0 Å². The average Bonchev–Trinajstić information content (AvgIpc) is 3.30. The van der Waals surface area contributed by atoms with Crippen LogP contribution in [0.25, 0.3) is 0 Å². The number of nitrogens with zero attached hydrogens (tertiary/aromatic N) is 3. The van der Waals surface area contributed by atoms with E-state index < -0.39 is 22.0 Å². The van der Waals surface area contributed by atoms with Gasteiger partial charge in [-0.2, -0.15) is 4.31 Å². The van der Waals surface area contributed by atoms with Gasteiger partial charge in [0, 0.05) is 38.6 Å². The Hall–Kier alpha value is -3.32. The minimum Gasteiger partial charge on any atom is -0.457 e. The molecular formula is C30H39N5O5S2. The SMILES string of the molecule is CC(=O)Nc1nc(C)c(S(=O)(=O)N2CCc3cc(Oc4ccccc4)ccc3C2C(=O)NCCN(C(C)C)C(C)C)s1. The van der Waals surface area contributed by atoms with Crippen LogP contribution < -0.4 is 15.4 Å². The van der Waals surface area contributed by atoms with Gasteiger partial charge in [-0.15, -0.1) is 0 Å². The van der Waals surface area contributed by atoms with Gasteiger partial charge in [0.25, 0.3) is 10.0 Å². The van der Waals surface area contributed by atoms with Crippen molar-refractivity contribution in [3.8, 4) is 11.5 Å². The van der Waals surface area contributed by atoms with Crippen LogP contribution in [0.1, 0.15) is 57.5 Å². The summed E-state index contributed by atoms with van der Waals surface area (Å²) in [7, 11) is -4.14. The molecule has 1 aliphatic rings. The van der Waals surface area contributed by atoms with E-state index in [4.69, 9.17) is 4.74 Å². The summed E-state index contributed by atoms with van der Waals surface area (Å²) >= 11 is 0.884. The van der Waals surface area contributed by atoms with E-state index in [1.165, 1.54) is 11.2 Å². The third-order valence-corrected chi connectivity index (χ3v) is 10.6. The second-order valence-electron chi connectivity index (χ2n) is 10.8. The monoisotopic (exact) mass is 613 g/mol. The molecule has 0 saturated heterocycles. The van der Waals surface area contributed by atoms with Crippen LogP contribution in [-0.2, 0) is 26.0 Å². The summed E-state index contributed by atoms with van der Waals surface area (Å²) in [6.07, 6.45) is 0.398. The van der Waals surface area contributed by atoms with Crippen LogP contribution in [0.3, 0.4) is 0 Å². The molecule has 0 saturated carbocycles. The molecule has 1 unspecified atom stereocenters. The van der Waals surface area contributed by atoms with Crippen molar-refractivity contribution in [3.63, 3.8) is 0 Å². The molecule has 4 rings (SSSR count). The number of benzene rings is 2. The maximum Gasteiger partial charge on any atom is 0.255 e. The average molecular weight is 614 g/mol. The molecule has 42 heavy (non-hydrogen) atoms. The molecule has 2 N–H and O–H groups in total. The summed E-state index contributed by atoms with van der Waals surface area (Å²) in [4.78, 5) is 31.9. The van der Waals surface area contributed by atoms with E-state index in [0.29, 0.717) is 48.7 Å². The molecule has 2 heterocycles. The zero-order valence-electron chi connectivity index (χ0n) is 24.9. The number of aryl methyl sites for hydroxylation is 1. The molecule has 1 atom stereocenters. The lowest BCUT2D eigenvalue weighted by molar-refractivity contribution is -0.125. The van der Waals surface area contributed by atoms with Crippen molar-refractivity contribution in [2.24, 2.45) is 0 Å². The molecule has 1 aliphatic heterocycles. The number of thiazole rings is 1. The number of aromatic nitrogens is 1. The Morgan fingerprint density at radius 2 is 1.79 bits per heavy atom. The van der Waals surface area contributed by atoms with Crippen molar-refractivity contribution in [2.45, 2.75) is 70.3 Å². The van der Waals surface area contributed by atoms with Crippen molar-refractivity contribution < 1.29 is 22.7 Å². The van der Waals surface area contributed by atoms with Crippen LogP contribution in [0.4, 0.5) is 5.13 Å². The van der Waals surface area contributed by atoms with Gasteiger partial charge in [0.05, 0.1) is 5.69 Å². The topological polar surface area (TPSA) is 121 Å². The minimum atomic E-state index is -4.14. The Kier molecular flexibility index (Phi) is 10.0. The second-order valence-corrected chi connectivity index (χ2v) is 13.9. The fourth-order valence-corrected chi connectivity index (χ4v) is 8.39. The molecule has 10 nitrogen and oxygen atoms in total. The third kappa shape index (κ3) is 7.17. The lowest BCUT2D eigenvalue weighted by Gasteiger charge is -2.36. The first kappa shape index (κ1) is 31.6. The number of sulfonamides is 1. The first-order valence-electron chi connectivity index (χ1n) is 14.0. The van der Waals surface area contributed by atoms with Crippen molar-refractivity contribution in [2.75, 3.05) is 25.0 Å². The number of hydrogen-bond acceptors (Lipinski definition) is 8. The summed E-state index contributed by atoms with van der Waals surface area (Å²) < 4.78 is 35.4. The zero-order valence-corrected chi connectivity index (χ0v) is 26.5. The van der Waals surface area contributed by atoms with E-state index in [2.05, 4.69) is 48.2 Å². The van der Waals surface area contributed by atoms with Crippen molar-refractivity contribution in [1.29, 1.82) is 0 Å². The molecule has 0 radical (unpaired) electrons. The van der Waals surface area contributed by atoms with E-state index in [1.807, 2.05) is 36.4 Å². The van der Waals surface area contributed by atoms with Gasteiger partial charge in [-0.3, -0.25) is 14.5 Å². The predicted octanol–water partition coefficient (Wildman–Crippen LogP) is 4.73. The molecule has 1 aromatic heterocycles. The number of rotatable bonds is 11. The van der Waals surface area contributed by atoms with Gasteiger partial charge in [-0.25, -0.2) is 13.4 Å². The molecule has 2 amide bonds. The van der Waals surface area contributed by atoms with Crippen molar-refractivity contribution in [3.05, 3.63) is 65.4 Å². The van der Waals surface area contributed by atoms with Gasteiger partial charge in [-0.1, -0.05) is 35.6 Å². The highest BCUT2D eigenvalue weighted by Crippen LogP contribution is 2.39. The summed E-state index contributed by atoms with van der Waals surface area (Å²) in [5.41, 5.74) is 1.72. The number of ether oxygens (including phenoxy) is 1. The number of fused-ring (bicyclic) bond motifs is 1. The number of anilines is 1. The third-order valence-electron chi connectivity index (χ3n) is 7.10. The Morgan fingerprint density at radius 3 is 2.43 bits per heavy atom. The maximum atomic E-state index is 14.1. The number of nitrogens with one attached hydrogen (secondary N) is 2. The van der Waals surface area contributed by atoms with Crippen LogP contribution in [0.5, 0.6) is 11.5 Å². The minimum absolute atomic E-state index is 0.00215. The molecule has 226 valence electrons. The molecule has 0 aliphatic carbocycles. The lowest BCUT2D eigenvalue weighted by Crippen LogP contribution is -2.49. The fraction of sp³-hybridized carbons (Fsp3) is 0.433. The Balaban J connectivity index is 1.67. The van der Waals surface area contributed by atoms with Gasteiger partial charge in [0.2, 0.25) is 11.8 Å². The highest BCUT2D eigenvalue weighted by atomic mass is 32.2. The predicted molar refractivity (Wildman–Crippen MR) is 164 cm³/mol. The lowest BCUT2D eigenvalue weighted by atomic mass is 9.93. The molecular weight excluding hydrogens is 574 g/mol. The van der Waals surface area contributed by atoms with Gasteiger partial charge in [0.1, 0.15) is 17.5 Å². The van der Waals surface area contributed by atoms with Gasteiger partial charge >= 0.3 is 0 Å². The molecule has 0 bridgehead atoms. The number of amides is 2. The van der Waals surface area contributed by atoms with Gasteiger partial charge in [0.15, 0.2) is 9.34 Å². The highest BCUT2D eigenvalue weighted by molar-refractivity contribution is 7.91. The van der Waals surface area contributed by atoms with E-state index in [1.54, 1.807) is 19.1 Å². The Labute approximate surface area is 252 Å². The normalized spacial score (nSPS) is 15.6. The summed E-state index contributed by atoms with van der Waals surface area (Å²) in [5, 5.41) is 5.76. The smallest absolute Gasteiger partial charge is 0.255 e. The second kappa shape index (κ2) is 13.3. The van der Waals surface area contributed by atoms with Gasteiger partial charge in [-0.05, 0) is 76.4 Å². The maximum absolute atomic E-state index is 14.1. The standard InChI is InChI=1S/C30H39N5O5S2/c1-19(2)34(20(3)4)17-15-31-28(37)27-26-13-12-25(40-24-10-8-7-9-11-24)18-23(26)14-16-35(27)42(38,39)29-21(5)32-30(41-29)33-22(6)36/h7-13,18-20,27H,14-17H2,1-6H3,(H,31,37)(H,32,33,36). The summed E-state index contributed by atoms with van der Waals surface area (Å²) in [6, 6.07) is 14.3. The first-order valence-corrected chi connectivity index (χ1v) is 16.3. The van der Waals surface area contributed by atoms with E-state index in [-0.39, 0.29) is 27.5 Å². The largest absolute Gasteiger partial charge is 0.457 e. The number of para-hydroxylation sites is 1. The van der Waals surface area contributed by atoms with Crippen LogP contribution in [0.15, 0.2) is 52.7 Å². The van der Waals surface area contributed by atoms with Crippen LogP contribution in [0.2, 0.25) is 0 Å². The Bertz CT molecular complexity index is 1510. The quantitative estimate of drug-likeness (QED) is 0.321. The molecule has 3 aromatic rings. The van der Waals surface area contributed by atoms with Crippen LogP contribution in [0, 0.1) is 6.92 Å². The van der Waals surface area contributed by atoms with Gasteiger partial charge < -0.3 is 15.4 Å². The number of carbonyl (C=O) groups is 2. The Morgan fingerprint density at radius 1 is 1.10 bits per heavy atom. The fourth-order valence-electron chi connectivity index (χ4n) is 5.25. The van der Waals surface area contributed by atoms with Crippen molar-refractivity contribution >= 4 is 38.3 Å². The first-order chi connectivity index (χ1) is 19.9. The van der Waals surface area contributed by atoms with E-state index in [9.17, 15) is 18.0 Å². The van der Waals surface area contributed by atoms with Crippen LogP contribution >= 0.6 is 11.3 Å². The highest BCUT2D eigenvalue weighted by Gasteiger charge is 2.42.